The molecule has 0 saturated heterocycles. The third-order valence-corrected chi connectivity index (χ3v) is 2.72. The van der Waals surface area contributed by atoms with Gasteiger partial charge in [-0.05, 0) is 13.0 Å². The third-order valence-electron chi connectivity index (χ3n) is 2.72. The van der Waals surface area contributed by atoms with Crippen LogP contribution in [0.2, 0.25) is 0 Å². The summed E-state index contributed by atoms with van der Waals surface area (Å²) in [6.07, 6.45) is 3.46. The molecule has 1 N–H and O–H groups in total. The fourth-order valence-corrected chi connectivity index (χ4v) is 1.83. The van der Waals surface area contributed by atoms with Crippen LogP contribution in [0, 0.1) is 5.92 Å². The van der Waals surface area contributed by atoms with E-state index in [1.807, 2.05) is 13.0 Å². The molecule has 0 aliphatic carbocycles. The predicted octanol–water partition coefficient (Wildman–Crippen LogP) is 1.50. The number of fused-ring (bicyclic) bond motifs is 1. The normalized spacial score (nSPS) is 20.5. The Balaban J connectivity index is 2.42. The molecule has 80 valence electrons. The van der Waals surface area contributed by atoms with Crippen molar-refractivity contribution in [3.8, 4) is 0 Å². The monoisotopic (exact) mass is 205 g/mol. The van der Waals surface area contributed by atoms with Crippen molar-refractivity contribution >= 4 is 17.3 Å². The highest BCUT2D eigenvalue weighted by Gasteiger charge is 2.23. The second-order valence-corrected chi connectivity index (χ2v) is 3.82. The van der Waals surface area contributed by atoms with Crippen LogP contribution in [0.5, 0.6) is 0 Å². The van der Waals surface area contributed by atoms with Crippen LogP contribution in [0.25, 0.3) is 0 Å². The first-order chi connectivity index (χ1) is 7.22. The molecule has 4 nitrogen and oxygen atoms in total. The number of carbonyl (C=O) groups is 1. The van der Waals surface area contributed by atoms with Crippen molar-refractivity contribution in [1.29, 1.82) is 0 Å². The van der Waals surface area contributed by atoms with Crippen LogP contribution in [0.15, 0.2) is 18.5 Å². The van der Waals surface area contributed by atoms with Gasteiger partial charge < -0.3 is 10.2 Å². The van der Waals surface area contributed by atoms with Gasteiger partial charge in [0, 0.05) is 19.3 Å². The van der Waals surface area contributed by atoms with E-state index in [0.717, 1.165) is 24.5 Å². The fourth-order valence-electron chi connectivity index (χ4n) is 1.83. The van der Waals surface area contributed by atoms with E-state index in [1.54, 1.807) is 12.4 Å². The molecular formula is C11H15N3O. The number of hydrogen-bond donors (Lipinski definition) is 1. The second-order valence-electron chi connectivity index (χ2n) is 3.82. The number of carbonyl (C=O) groups excluding carboxylic acids is 1. The minimum Gasteiger partial charge on any atom is -0.369 e. The van der Waals surface area contributed by atoms with E-state index in [0.29, 0.717) is 0 Å². The van der Waals surface area contributed by atoms with Crippen molar-refractivity contribution in [2.24, 2.45) is 5.92 Å². The van der Waals surface area contributed by atoms with Crippen molar-refractivity contribution in [3.63, 3.8) is 0 Å². The van der Waals surface area contributed by atoms with E-state index in [2.05, 4.69) is 22.1 Å². The predicted molar refractivity (Wildman–Crippen MR) is 59.9 cm³/mol. The molecule has 4 heteroatoms. The lowest BCUT2D eigenvalue weighted by Crippen LogP contribution is -2.30. The first kappa shape index (κ1) is 9.96. The summed E-state index contributed by atoms with van der Waals surface area (Å²) in [5.74, 6) is 0.0811. The average molecular weight is 205 g/mol. The molecule has 1 aliphatic heterocycles. The molecule has 1 aromatic heterocycles. The van der Waals surface area contributed by atoms with E-state index in [9.17, 15) is 4.79 Å². The molecule has 0 bridgehead atoms. The number of amides is 1. The van der Waals surface area contributed by atoms with Gasteiger partial charge in [0.2, 0.25) is 5.91 Å². The number of nitrogens with one attached hydrogen (secondary N) is 1. The van der Waals surface area contributed by atoms with Gasteiger partial charge in [0.25, 0.3) is 0 Å². The van der Waals surface area contributed by atoms with Crippen molar-refractivity contribution in [2.45, 2.75) is 13.8 Å². The van der Waals surface area contributed by atoms with Crippen LogP contribution >= 0.6 is 0 Å². The Morgan fingerprint density at radius 1 is 1.67 bits per heavy atom. The smallest absolute Gasteiger partial charge is 0.229 e. The molecule has 0 saturated carbocycles. The molecule has 15 heavy (non-hydrogen) atoms. The van der Waals surface area contributed by atoms with Crippen LogP contribution in [-0.2, 0) is 4.79 Å². The molecule has 2 rings (SSSR count). The summed E-state index contributed by atoms with van der Waals surface area (Å²) in [6, 6.07) is 1.94. The molecule has 0 aromatic carbocycles. The maximum Gasteiger partial charge on any atom is 0.229 e. The van der Waals surface area contributed by atoms with Gasteiger partial charge in [0.15, 0.2) is 0 Å². The van der Waals surface area contributed by atoms with Crippen molar-refractivity contribution in [2.75, 3.05) is 23.3 Å². The number of hydrogen-bond acceptors (Lipinski definition) is 3. The lowest BCUT2D eigenvalue weighted by atomic mass is 10.1. The highest BCUT2D eigenvalue weighted by molar-refractivity contribution is 5.97. The molecule has 1 amide bonds. The van der Waals surface area contributed by atoms with Crippen LogP contribution in [0.1, 0.15) is 13.8 Å². The zero-order valence-electron chi connectivity index (χ0n) is 9.03. The van der Waals surface area contributed by atoms with Gasteiger partial charge in [-0.25, -0.2) is 0 Å². The lowest BCUT2D eigenvalue weighted by molar-refractivity contribution is -0.119. The lowest BCUT2D eigenvalue weighted by Gasteiger charge is -2.23. The van der Waals surface area contributed by atoms with Gasteiger partial charge >= 0.3 is 0 Å². The molecule has 0 fully saturated rings. The molecule has 0 radical (unpaired) electrons. The summed E-state index contributed by atoms with van der Waals surface area (Å²) < 4.78 is 0. The largest absolute Gasteiger partial charge is 0.369 e. The summed E-state index contributed by atoms with van der Waals surface area (Å²) in [5, 5.41) is 2.89. The SMILES string of the molecule is CCN1CC(C)C(=O)Nc2cnccc21. The first-order valence-electron chi connectivity index (χ1n) is 5.22. The van der Waals surface area contributed by atoms with Crippen molar-refractivity contribution in [3.05, 3.63) is 18.5 Å². The number of nitrogens with zero attached hydrogens (tertiary/aromatic N) is 2. The minimum absolute atomic E-state index is 0.0114. The standard InChI is InChI=1S/C11H15N3O/c1-3-14-7-8(2)11(15)13-9-6-12-5-4-10(9)14/h4-6,8H,3,7H2,1-2H3,(H,13,15). The highest BCUT2D eigenvalue weighted by Crippen LogP contribution is 2.28. The summed E-state index contributed by atoms with van der Waals surface area (Å²) in [7, 11) is 0. The molecule has 1 atom stereocenters. The van der Waals surface area contributed by atoms with E-state index in [4.69, 9.17) is 0 Å². The summed E-state index contributed by atoms with van der Waals surface area (Å²) in [5.41, 5.74) is 1.87. The maximum atomic E-state index is 11.7. The van der Waals surface area contributed by atoms with Gasteiger partial charge in [-0.1, -0.05) is 6.92 Å². The summed E-state index contributed by atoms with van der Waals surface area (Å²) in [4.78, 5) is 17.9. The number of anilines is 2. The van der Waals surface area contributed by atoms with Crippen LogP contribution in [0.3, 0.4) is 0 Å². The van der Waals surface area contributed by atoms with E-state index in [1.165, 1.54) is 0 Å². The first-order valence-corrected chi connectivity index (χ1v) is 5.22. The second kappa shape index (κ2) is 3.88. The van der Waals surface area contributed by atoms with E-state index in [-0.39, 0.29) is 11.8 Å². The molecule has 1 unspecified atom stereocenters. The Morgan fingerprint density at radius 3 is 3.20 bits per heavy atom. The van der Waals surface area contributed by atoms with Gasteiger partial charge in [0.1, 0.15) is 0 Å². The average Bonchev–Trinajstić information content (AvgIpc) is 2.37. The highest BCUT2D eigenvalue weighted by atomic mass is 16.1. The quantitative estimate of drug-likeness (QED) is 0.755. The van der Waals surface area contributed by atoms with Gasteiger partial charge in [-0.3, -0.25) is 9.78 Å². The molecule has 1 aromatic rings. The minimum atomic E-state index is 0.0114. The number of rotatable bonds is 1. The topological polar surface area (TPSA) is 45.2 Å². The molecular weight excluding hydrogens is 190 g/mol. The Labute approximate surface area is 89.3 Å². The molecule has 2 heterocycles. The maximum absolute atomic E-state index is 11.7. The zero-order valence-corrected chi connectivity index (χ0v) is 9.03. The van der Waals surface area contributed by atoms with Crippen LogP contribution in [0.4, 0.5) is 11.4 Å². The Kier molecular flexibility index (Phi) is 2.58. The van der Waals surface area contributed by atoms with E-state index >= 15 is 0 Å². The summed E-state index contributed by atoms with van der Waals surface area (Å²) in [6.45, 7) is 5.69. The summed E-state index contributed by atoms with van der Waals surface area (Å²) >= 11 is 0. The van der Waals surface area contributed by atoms with E-state index < -0.39 is 0 Å². The Hall–Kier alpha value is -1.58. The van der Waals surface area contributed by atoms with Gasteiger partial charge in [-0.15, -0.1) is 0 Å². The Morgan fingerprint density at radius 2 is 2.47 bits per heavy atom. The fraction of sp³-hybridized carbons (Fsp3) is 0.455. The number of aromatic nitrogens is 1. The zero-order chi connectivity index (χ0) is 10.8. The van der Waals surface area contributed by atoms with Gasteiger partial charge in [0.05, 0.1) is 23.5 Å². The molecule has 1 aliphatic rings. The van der Waals surface area contributed by atoms with Crippen molar-refractivity contribution in [1.82, 2.24) is 4.98 Å². The van der Waals surface area contributed by atoms with Crippen molar-refractivity contribution < 1.29 is 4.79 Å². The third kappa shape index (κ3) is 1.79. The Bertz CT molecular complexity index is 378. The van der Waals surface area contributed by atoms with Crippen LogP contribution in [-0.4, -0.2) is 24.0 Å². The molecule has 0 spiro atoms. The number of pyridine rings is 1. The van der Waals surface area contributed by atoms with Crippen LogP contribution < -0.4 is 10.2 Å². The van der Waals surface area contributed by atoms with Gasteiger partial charge in [-0.2, -0.15) is 0 Å².